The molecule has 0 spiro atoms. The van der Waals surface area contributed by atoms with Gasteiger partial charge in [-0.2, -0.15) is 0 Å². The van der Waals surface area contributed by atoms with Gasteiger partial charge >= 0.3 is 0 Å². The SMILES string of the molecule is COC1CN(C(=O)c2ccc(N)cc2)C1. The highest BCUT2D eigenvalue weighted by Crippen LogP contribution is 2.16. The van der Waals surface area contributed by atoms with Gasteiger partial charge in [0.05, 0.1) is 6.10 Å². The summed E-state index contributed by atoms with van der Waals surface area (Å²) in [6, 6.07) is 6.97. The van der Waals surface area contributed by atoms with Gasteiger partial charge in [-0.15, -0.1) is 0 Å². The monoisotopic (exact) mass is 206 g/mol. The Morgan fingerprint density at radius 1 is 1.40 bits per heavy atom. The first kappa shape index (κ1) is 9.98. The Hall–Kier alpha value is -1.55. The maximum atomic E-state index is 11.8. The zero-order valence-electron chi connectivity index (χ0n) is 8.64. The zero-order valence-corrected chi connectivity index (χ0v) is 8.64. The number of likely N-dealkylation sites (tertiary alicyclic amines) is 1. The van der Waals surface area contributed by atoms with Crippen molar-refractivity contribution in [3.05, 3.63) is 29.8 Å². The molecule has 0 saturated carbocycles. The molecule has 4 heteroatoms. The standard InChI is InChI=1S/C11H14N2O2/c1-15-10-6-13(7-10)11(14)8-2-4-9(12)5-3-8/h2-5,10H,6-7,12H2,1H3. The first-order valence-electron chi connectivity index (χ1n) is 4.88. The normalized spacial score (nSPS) is 16.2. The van der Waals surface area contributed by atoms with E-state index in [-0.39, 0.29) is 12.0 Å². The molecule has 0 atom stereocenters. The number of nitrogens with zero attached hydrogens (tertiary/aromatic N) is 1. The topological polar surface area (TPSA) is 55.6 Å². The first-order valence-corrected chi connectivity index (χ1v) is 4.88. The van der Waals surface area contributed by atoms with Crippen LogP contribution in [0.15, 0.2) is 24.3 Å². The second-order valence-corrected chi connectivity index (χ2v) is 3.69. The van der Waals surface area contributed by atoms with E-state index in [1.807, 2.05) is 0 Å². The van der Waals surface area contributed by atoms with Crippen molar-refractivity contribution in [3.8, 4) is 0 Å². The molecule has 0 bridgehead atoms. The summed E-state index contributed by atoms with van der Waals surface area (Å²) in [6.07, 6.45) is 0.197. The van der Waals surface area contributed by atoms with Gasteiger partial charge in [0.2, 0.25) is 0 Å². The minimum atomic E-state index is 0.0447. The second kappa shape index (κ2) is 3.90. The lowest BCUT2D eigenvalue weighted by Crippen LogP contribution is -2.54. The molecule has 2 N–H and O–H groups in total. The maximum absolute atomic E-state index is 11.8. The Morgan fingerprint density at radius 2 is 2.00 bits per heavy atom. The molecule has 0 aliphatic carbocycles. The number of ether oxygens (including phenoxy) is 1. The van der Waals surface area contributed by atoms with Crippen LogP contribution in [0, 0.1) is 0 Å². The summed E-state index contributed by atoms with van der Waals surface area (Å²) in [5, 5.41) is 0. The van der Waals surface area contributed by atoms with Crippen LogP contribution in [0.1, 0.15) is 10.4 Å². The van der Waals surface area contributed by atoms with Crippen molar-refractivity contribution in [1.29, 1.82) is 0 Å². The van der Waals surface area contributed by atoms with Crippen LogP contribution in [-0.2, 0) is 4.74 Å². The average Bonchev–Trinajstić information content (AvgIpc) is 2.17. The predicted octanol–water partition coefficient (Wildman–Crippen LogP) is 0.740. The Bertz CT molecular complexity index is 355. The molecule has 1 aromatic rings. The van der Waals surface area contributed by atoms with E-state index in [9.17, 15) is 4.79 Å². The van der Waals surface area contributed by atoms with Crippen molar-refractivity contribution in [2.45, 2.75) is 6.10 Å². The molecule has 0 radical (unpaired) electrons. The van der Waals surface area contributed by atoms with Crippen LogP contribution >= 0.6 is 0 Å². The van der Waals surface area contributed by atoms with Gasteiger partial charge in [-0.1, -0.05) is 0 Å². The summed E-state index contributed by atoms with van der Waals surface area (Å²) in [4.78, 5) is 13.6. The molecule has 1 heterocycles. The van der Waals surface area contributed by atoms with Crippen LogP contribution in [0.2, 0.25) is 0 Å². The van der Waals surface area contributed by atoms with Crippen molar-refractivity contribution in [2.75, 3.05) is 25.9 Å². The first-order chi connectivity index (χ1) is 7.20. The molecular formula is C11H14N2O2. The van der Waals surface area contributed by atoms with Gasteiger partial charge in [0.15, 0.2) is 0 Å². The molecule has 1 fully saturated rings. The minimum absolute atomic E-state index is 0.0447. The Kier molecular flexibility index (Phi) is 2.60. The number of nitrogen functional groups attached to an aromatic ring is 1. The largest absolute Gasteiger partial charge is 0.399 e. The summed E-state index contributed by atoms with van der Waals surface area (Å²) in [5.41, 5.74) is 6.90. The van der Waals surface area contributed by atoms with Crippen LogP contribution in [-0.4, -0.2) is 37.1 Å². The van der Waals surface area contributed by atoms with Crippen molar-refractivity contribution in [1.82, 2.24) is 4.90 Å². The third-order valence-corrected chi connectivity index (χ3v) is 2.63. The molecule has 0 unspecified atom stereocenters. The van der Waals surface area contributed by atoms with Gasteiger partial charge in [0.1, 0.15) is 0 Å². The van der Waals surface area contributed by atoms with Crippen LogP contribution in [0.25, 0.3) is 0 Å². The molecule has 4 nitrogen and oxygen atoms in total. The van der Waals surface area contributed by atoms with E-state index >= 15 is 0 Å². The summed E-state index contributed by atoms with van der Waals surface area (Å²) >= 11 is 0. The summed E-state index contributed by atoms with van der Waals surface area (Å²) in [6.45, 7) is 1.36. The average molecular weight is 206 g/mol. The van der Waals surface area contributed by atoms with Crippen LogP contribution in [0.4, 0.5) is 5.69 Å². The smallest absolute Gasteiger partial charge is 0.254 e. The second-order valence-electron chi connectivity index (χ2n) is 3.69. The van der Waals surface area contributed by atoms with E-state index in [0.717, 1.165) is 0 Å². The Balaban J connectivity index is 2.00. The number of rotatable bonds is 2. The number of anilines is 1. The summed E-state index contributed by atoms with van der Waals surface area (Å²) < 4.78 is 5.11. The fourth-order valence-corrected chi connectivity index (χ4v) is 1.56. The van der Waals surface area contributed by atoms with Gasteiger partial charge in [0, 0.05) is 31.5 Å². The number of amides is 1. The van der Waals surface area contributed by atoms with E-state index in [2.05, 4.69) is 0 Å². The van der Waals surface area contributed by atoms with Crippen molar-refractivity contribution in [2.24, 2.45) is 0 Å². The lowest BCUT2D eigenvalue weighted by molar-refractivity contribution is -0.0191. The molecule has 1 saturated heterocycles. The predicted molar refractivity (Wildman–Crippen MR) is 57.6 cm³/mol. The number of methoxy groups -OCH3 is 1. The highest BCUT2D eigenvalue weighted by molar-refractivity contribution is 5.95. The Morgan fingerprint density at radius 3 is 2.53 bits per heavy atom. The Labute approximate surface area is 88.6 Å². The number of hydrogen-bond donors (Lipinski definition) is 1. The molecule has 1 aliphatic rings. The lowest BCUT2D eigenvalue weighted by atomic mass is 10.1. The molecule has 0 aromatic heterocycles. The van der Waals surface area contributed by atoms with Gasteiger partial charge in [-0.25, -0.2) is 0 Å². The van der Waals surface area contributed by atoms with E-state index in [0.29, 0.717) is 24.3 Å². The van der Waals surface area contributed by atoms with Crippen molar-refractivity contribution >= 4 is 11.6 Å². The third kappa shape index (κ3) is 1.94. The molecule has 80 valence electrons. The highest BCUT2D eigenvalue weighted by Gasteiger charge is 2.30. The van der Waals surface area contributed by atoms with Gasteiger partial charge in [0.25, 0.3) is 5.91 Å². The fourth-order valence-electron chi connectivity index (χ4n) is 1.56. The molecular weight excluding hydrogens is 192 g/mol. The maximum Gasteiger partial charge on any atom is 0.254 e. The number of hydrogen-bond acceptors (Lipinski definition) is 3. The van der Waals surface area contributed by atoms with Crippen molar-refractivity contribution < 1.29 is 9.53 Å². The molecule has 1 aliphatic heterocycles. The molecule has 2 rings (SSSR count). The number of carbonyl (C=O) groups is 1. The lowest BCUT2D eigenvalue weighted by Gasteiger charge is -2.38. The van der Waals surface area contributed by atoms with Gasteiger partial charge in [-0.3, -0.25) is 4.79 Å². The molecule has 1 amide bonds. The van der Waals surface area contributed by atoms with Crippen molar-refractivity contribution in [3.63, 3.8) is 0 Å². The fraction of sp³-hybridized carbons (Fsp3) is 0.364. The summed E-state index contributed by atoms with van der Waals surface area (Å²) in [7, 11) is 1.66. The van der Waals surface area contributed by atoms with Gasteiger partial charge < -0.3 is 15.4 Å². The van der Waals surface area contributed by atoms with E-state index < -0.39 is 0 Å². The summed E-state index contributed by atoms with van der Waals surface area (Å²) in [5.74, 6) is 0.0447. The van der Waals surface area contributed by atoms with E-state index in [4.69, 9.17) is 10.5 Å². The van der Waals surface area contributed by atoms with E-state index in [1.165, 1.54) is 0 Å². The molecule has 1 aromatic carbocycles. The number of carbonyl (C=O) groups excluding carboxylic acids is 1. The number of nitrogens with two attached hydrogens (primary N) is 1. The van der Waals surface area contributed by atoms with Crippen LogP contribution in [0.5, 0.6) is 0 Å². The highest BCUT2D eigenvalue weighted by atomic mass is 16.5. The van der Waals surface area contributed by atoms with Crippen LogP contribution in [0.3, 0.4) is 0 Å². The molecule has 15 heavy (non-hydrogen) atoms. The number of benzene rings is 1. The zero-order chi connectivity index (χ0) is 10.8. The van der Waals surface area contributed by atoms with E-state index in [1.54, 1.807) is 36.3 Å². The third-order valence-electron chi connectivity index (χ3n) is 2.63. The quantitative estimate of drug-likeness (QED) is 0.726. The van der Waals surface area contributed by atoms with Gasteiger partial charge in [-0.05, 0) is 24.3 Å². The minimum Gasteiger partial charge on any atom is -0.399 e. The van der Waals surface area contributed by atoms with Crippen LogP contribution < -0.4 is 5.73 Å².